The molecule has 0 aliphatic carbocycles. The highest BCUT2D eigenvalue weighted by Crippen LogP contribution is 2.27. The van der Waals surface area contributed by atoms with Gasteiger partial charge in [-0.1, -0.05) is 29.8 Å². The first-order valence-corrected chi connectivity index (χ1v) is 7.58. The van der Waals surface area contributed by atoms with Gasteiger partial charge in [-0.2, -0.15) is 5.26 Å². The number of imidazole rings is 1. The summed E-state index contributed by atoms with van der Waals surface area (Å²) in [7, 11) is 0. The Labute approximate surface area is 139 Å². The first-order valence-electron chi connectivity index (χ1n) is 7.20. The molecule has 1 heterocycles. The fourth-order valence-corrected chi connectivity index (χ4v) is 2.52. The van der Waals surface area contributed by atoms with Crippen LogP contribution < -0.4 is 4.74 Å². The van der Waals surface area contributed by atoms with Crippen LogP contribution in [0.5, 0.6) is 5.75 Å². The van der Waals surface area contributed by atoms with E-state index in [0.29, 0.717) is 28.8 Å². The number of halogens is 1. The van der Waals surface area contributed by atoms with Crippen molar-refractivity contribution in [2.45, 2.75) is 6.92 Å². The van der Waals surface area contributed by atoms with Gasteiger partial charge in [-0.05, 0) is 42.8 Å². The number of nitriles is 1. The van der Waals surface area contributed by atoms with Crippen molar-refractivity contribution in [2.24, 2.45) is 0 Å². The Morgan fingerprint density at radius 1 is 1.35 bits per heavy atom. The molecule has 0 spiro atoms. The first-order chi connectivity index (χ1) is 11.2. The monoisotopic (exact) mass is 323 g/mol. The van der Waals surface area contributed by atoms with Crippen LogP contribution >= 0.6 is 11.6 Å². The third-order valence-electron chi connectivity index (χ3n) is 3.33. The zero-order valence-electron chi connectivity index (χ0n) is 12.5. The summed E-state index contributed by atoms with van der Waals surface area (Å²) < 4.78 is 5.41. The number of ether oxygens (including phenoxy) is 1. The Morgan fingerprint density at radius 2 is 2.17 bits per heavy atom. The van der Waals surface area contributed by atoms with E-state index < -0.39 is 0 Å². The second-order valence-electron chi connectivity index (χ2n) is 4.90. The van der Waals surface area contributed by atoms with Gasteiger partial charge in [-0.3, -0.25) is 0 Å². The summed E-state index contributed by atoms with van der Waals surface area (Å²) in [5.74, 6) is 1.17. The number of allylic oxidation sites excluding steroid dienone is 1. The SMILES string of the molecule is CCOc1ccc(/C=C(/C#N)c2nc3ccccc3[nH]2)cc1Cl. The molecule has 23 heavy (non-hydrogen) atoms. The van der Waals surface area contributed by atoms with Gasteiger partial charge in [0.05, 0.1) is 28.2 Å². The number of hydrogen-bond donors (Lipinski definition) is 1. The molecule has 0 saturated carbocycles. The second kappa shape index (κ2) is 6.55. The number of nitrogens with one attached hydrogen (secondary N) is 1. The highest BCUT2D eigenvalue weighted by Gasteiger charge is 2.08. The van der Waals surface area contributed by atoms with Crippen LogP contribution in [0, 0.1) is 11.3 Å². The average molecular weight is 324 g/mol. The highest BCUT2D eigenvalue weighted by atomic mass is 35.5. The highest BCUT2D eigenvalue weighted by molar-refractivity contribution is 6.32. The quantitative estimate of drug-likeness (QED) is 0.709. The maximum Gasteiger partial charge on any atom is 0.149 e. The van der Waals surface area contributed by atoms with E-state index in [0.717, 1.165) is 16.6 Å². The molecule has 3 rings (SSSR count). The Balaban J connectivity index is 1.98. The van der Waals surface area contributed by atoms with E-state index in [4.69, 9.17) is 16.3 Å². The van der Waals surface area contributed by atoms with Crippen LogP contribution in [-0.2, 0) is 0 Å². The normalized spacial score (nSPS) is 11.4. The van der Waals surface area contributed by atoms with Gasteiger partial charge in [-0.15, -0.1) is 0 Å². The molecule has 0 aliphatic heterocycles. The van der Waals surface area contributed by atoms with Crippen LogP contribution in [0.1, 0.15) is 18.3 Å². The number of fused-ring (bicyclic) bond motifs is 1. The lowest BCUT2D eigenvalue weighted by Crippen LogP contribution is -1.92. The zero-order valence-corrected chi connectivity index (χ0v) is 13.3. The molecule has 0 fully saturated rings. The van der Waals surface area contributed by atoms with Crippen molar-refractivity contribution in [2.75, 3.05) is 6.61 Å². The number of rotatable bonds is 4. The van der Waals surface area contributed by atoms with Crippen LogP contribution in [0.3, 0.4) is 0 Å². The van der Waals surface area contributed by atoms with Gasteiger partial charge in [0.2, 0.25) is 0 Å². The Hall–Kier alpha value is -2.77. The Kier molecular flexibility index (Phi) is 4.31. The minimum Gasteiger partial charge on any atom is -0.492 e. The number of para-hydroxylation sites is 2. The molecule has 0 bridgehead atoms. The van der Waals surface area contributed by atoms with Crippen LogP contribution in [-0.4, -0.2) is 16.6 Å². The molecule has 1 aromatic heterocycles. The number of aromatic amines is 1. The van der Waals surface area contributed by atoms with Crippen LogP contribution in [0.25, 0.3) is 22.7 Å². The largest absolute Gasteiger partial charge is 0.492 e. The third kappa shape index (κ3) is 3.20. The Bertz CT molecular complexity index is 888. The van der Waals surface area contributed by atoms with Crippen molar-refractivity contribution in [1.29, 1.82) is 5.26 Å². The molecule has 0 amide bonds. The molecule has 0 unspecified atom stereocenters. The molecule has 114 valence electrons. The summed E-state index contributed by atoms with van der Waals surface area (Å²) in [6.07, 6.45) is 1.75. The van der Waals surface area contributed by atoms with Gasteiger partial charge >= 0.3 is 0 Å². The zero-order chi connectivity index (χ0) is 16.2. The van der Waals surface area contributed by atoms with E-state index in [1.54, 1.807) is 18.2 Å². The first kappa shape index (κ1) is 15.1. The number of benzene rings is 2. The van der Waals surface area contributed by atoms with Gasteiger partial charge in [0.25, 0.3) is 0 Å². The lowest BCUT2D eigenvalue weighted by atomic mass is 10.1. The maximum atomic E-state index is 9.44. The van der Waals surface area contributed by atoms with Gasteiger partial charge in [0.1, 0.15) is 17.6 Å². The number of hydrogen-bond acceptors (Lipinski definition) is 3. The number of H-pyrrole nitrogens is 1. The molecular formula is C18H14ClN3O. The average Bonchev–Trinajstić information content (AvgIpc) is 2.99. The number of nitrogens with zero attached hydrogens (tertiary/aromatic N) is 2. The summed E-state index contributed by atoms with van der Waals surface area (Å²) >= 11 is 6.18. The summed E-state index contributed by atoms with van der Waals surface area (Å²) in [5, 5.41) is 9.95. The minimum absolute atomic E-state index is 0.446. The van der Waals surface area contributed by atoms with E-state index in [1.165, 1.54) is 0 Å². The van der Waals surface area contributed by atoms with Gasteiger partial charge in [-0.25, -0.2) is 4.98 Å². The van der Waals surface area contributed by atoms with E-state index in [-0.39, 0.29) is 0 Å². The molecule has 0 aliphatic rings. The molecule has 0 atom stereocenters. The standard InChI is InChI=1S/C18H14ClN3O/c1-2-23-17-8-7-12(10-14(17)19)9-13(11-20)18-21-15-5-3-4-6-16(15)22-18/h3-10H,2H2,1H3,(H,21,22)/b13-9-. The van der Waals surface area contributed by atoms with Crippen molar-refractivity contribution in [1.82, 2.24) is 9.97 Å². The van der Waals surface area contributed by atoms with Crippen LogP contribution in [0.15, 0.2) is 42.5 Å². The van der Waals surface area contributed by atoms with Crippen LogP contribution in [0.4, 0.5) is 0 Å². The van der Waals surface area contributed by atoms with Gasteiger partial charge in [0, 0.05) is 0 Å². The molecule has 5 heteroatoms. The molecule has 3 aromatic rings. The van der Waals surface area contributed by atoms with E-state index in [1.807, 2.05) is 37.3 Å². The van der Waals surface area contributed by atoms with Crippen molar-refractivity contribution in [3.63, 3.8) is 0 Å². The fourth-order valence-electron chi connectivity index (χ4n) is 2.28. The molecule has 4 nitrogen and oxygen atoms in total. The smallest absolute Gasteiger partial charge is 0.149 e. The predicted molar refractivity (Wildman–Crippen MR) is 92.2 cm³/mol. The van der Waals surface area contributed by atoms with E-state index in [9.17, 15) is 5.26 Å². The van der Waals surface area contributed by atoms with E-state index >= 15 is 0 Å². The third-order valence-corrected chi connectivity index (χ3v) is 3.63. The molecule has 1 N–H and O–H groups in total. The minimum atomic E-state index is 0.446. The van der Waals surface area contributed by atoms with Crippen molar-refractivity contribution in [3.8, 4) is 11.8 Å². The molecular weight excluding hydrogens is 310 g/mol. The lowest BCUT2D eigenvalue weighted by Gasteiger charge is -2.06. The van der Waals surface area contributed by atoms with Gasteiger partial charge in [0.15, 0.2) is 0 Å². The van der Waals surface area contributed by atoms with Crippen molar-refractivity contribution >= 4 is 34.3 Å². The molecule has 0 radical (unpaired) electrons. The summed E-state index contributed by atoms with van der Waals surface area (Å²) in [5.41, 5.74) is 2.98. The fraction of sp³-hybridized carbons (Fsp3) is 0.111. The number of aromatic nitrogens is 2. The Morgan fingerprint density at radius 3 is 2.87 bits per heavy atom. The predicted octanol–water partition coefficient (Wildman–Crippen LogP) is 4.68. The molecule has 2 aromatic carbocycles. The summed E-state index contributed by atoms with van der Waals surface area (Å²) in [4.78, 5) is 7.60. The summed E-state index contributed by atoms with van der Waals surface area (Å²) in [6.45, 7) is 2.46. The topological polar surface area (TPSA) is 61.7 Å². The summed E-state index contributed by atoms with van der Waals surface area (Å²) in [6, 6.07) is 15.3. The molecule has 0 saturated heterocycles. The maximum absolute atomic E-state index is 9.44. The lowest BCUT2D eigenvalue weighted by molar-refractivity contribution is 0.340. The van der Waals surface area contributed by atoms with E-state index in [2.05, 4.69) is 16.0 Å². The van der Waals surface area contributed by atoms with Crippen LogP contribution in [0.2, 0.25) is 5.02 Å². The van der Waals surface area contributed by atoms with Gasteiger partial charge < -0.3 is 9.72 Å². The van der Waals surface area contributed by atoms with Crippen molar-refractivity contribution in [3.05, 3.63) is 58.9 Å². The second-order valence-corrected chi connectivity index (χ2v) is 5.30. The van der Waals surface area contributed by atoms with Crippen molar-refractivity contribution < 1.29 is 4.74 Å².